The van der Waals surface area contributed by atoms with E-state index in [-0.39, 0.29) is 6.61 Å². The third kappa shape index (κ3) is 4.31. The molecule has 0 spiro atoms. The van der Waals surface area contributed by atoms with E-state index in [1.54, 1.807) is 19.1 Å². The second-order valence-corrected chi connectivity index (χ2v) is 3.24. The van der Waals surface area contributed by atoms with E-state index in [9.17, 15) is 4.79 Å². The number of halogens is 1. The van der Waals surface area contributed by atoms with Crippen LogP contribution in [0.5, 0.6) is 0 Å². The Morgan fingerprint density at radius 3 is 2.94 bits per heavy atom. The Morgan fingerprint density at radius 1 is 1.50 bits per heavy atom. The molecule has 0 radical (unpaired) electrons. The summed E-state index contributed by atoms with van der Waals surface area (Å²) in [7, 11) is 0. The van der Waals surface area contributed by atoms with Gasteiger partial charge in [0.25, 0.3) is 0 Å². The smallest absolute Gasteiger partial charge is 0.347 e. The minimum absolute atomic E-state index is 0.200. The molecule has 0 aliphatic heterocycles. The SMILES string of the molecule is CCOC(=O)CO/N=C/c1ccccc1Cl. The summed E-state index contributed by atoms with van der Waals surface area (Å²) in [6.45, 7) is 1.86. The van der Waals surface area contributed by atoms with Crippen molar-refractivity contribution in [3.63, 3.8) is 0 Å². The van der Waals surface area contributed by atoms with E-state index in [1.807, 2.05) is 12.1 Å². The molecule has 0 aliphatic carbocycles. The largest absolute Gasteiger partial charge is 0.463 e. The summed E-state index contributed by atoms with van der Waals surface area (Å²) in [5.41, 5.74) is 0.730. The predicted octanol–water partition coefficient (Wildman–Crippen LogP) is 2.25. The highest BCUT2D eigenvalue weighted by molar-refractivity contribution is 6.33. The molecule has 5 heteroatoms. The number of hydrogen-bond acceptors (Lipinski definition) is 4. The summed E-state index contributed by atoms with van der Waals surface area (Å²) < 4.78 is 4.65. The lowest BCUT2D eigenvalue weighted by atomic mass is 10.2. The fourth-order valence-corrected chi connectivity index (χ4v) is 1.15. The molecule has 0 atom stereocenters. The molecular formula is C11H12ClNO3. The number of hydrogen-bond donors (Lipinski definition) is 0. The van der Waals surface area contributed by atoms with E-state index in [0.717, 1.165) is 5.56 Å². The average molecular weight is 242 g/mol. The van der Waals surface area contributed by atoms with Gasteiger partial charge in [0.1, 0.15) is 0 Å². The Kier molecular flexibility index (Phi) is 5.36. The summed E-state index contributed by atoms with van der Waals surface area (Å²) >= 11 is 5.88. The first kappa shape index (κ1) is 12.5. The number of carbonyl (C=O) groups is 1. The van der Waals surface area contributed by atoms with Crippen molar-refractivity contribution in [1.82, 2.24) is 0 Å². The number of ether oxygens (including phenoxy) is 1. The number of benzene rings is 1. The molecule has 4 nitrogen and oxygen atoms in total. The lowest BCUT2D eigenvalue weighted by Crippen LogP contribution is -2.10. The quantitative estimate of drug-likeness (QED) is 0.451. The Labute approximate surface area is 98.8 Å². The van der Waals surface area contributed by atoms with Gasteiger partial charge in [0.15, 0.2) is 0 Å². The lowest BCUT2D eigenvalue weighted by Gasteiger charge is -1.99. The molecule has 0 fully saturated rings. The van der Waals surface area contributed by atoms with Crippen LogP contribution in [0.1, 0.15) is 12.5 Å². The molecule has 0 N–H and O–H groups in total. The van der Waals surface area contributed by atoms with Crippen molar-refractivity contribution in [1.29, 1.82) is 0 Å². The first-order valence-corrected chi connectivity index (χ1v) is 5.17. The maximum atomic E-state index is 10.9. The normalized spacial score (nSPS) is 10.4. The molecule has 1 aromatic rings. The van der Waals surface area contributed by atoms with Gasteiger partial charge in [-0.1, -0.05) is 35.0 Å². The van der Waals surface area contributed by atoms with Crippen LogP contribution in [0.4, 0.5) is 0 Å². The van der Waals surface area contributed by atoms with Gasteiger partial charge in [0.05, 0.1) is 12.8 Å². The molecule has 0 unspecified atom stereocenters. The van der Waals surface area contributed by atoms with Gasteiger partial charge in [-0.3, -0.25) is 0 Å². The Balaban J connectivity index is 2.38. The predicted molar refractivity (Wildman–Crippen MR) is 61.6 cm³/mol. The topological polar surface area (TPSA) is 47.9 Å². The zero-order valence-electron chi connectivity index (χ0n) is 8.85. The van der Waals surface area contributed by atoms with E-state index in [4.69, 9.17) is 16.4 Å². The summed E-state index contributed by atoms with van der Waals surface area (Å²) in [4.78, 5) is 15.6. The molecule has 0 aliphatic rings. The van der Waals surface area contributed by atoms with E-state index in [1.165, 1.54) is 6.21 Å². The molecule has 1 aromatic carbocycles. The minimum Gasteiger partial charge on any atom is -0.463 e. The second-order valence-electron chi connectivity index (χ2n) is 2.83. The van der Waals surface area contributed by atoms with Gasteiger partial charge < -0.3 is 9.57 Å². The summed E-state index contributed by atoms with van der Waals surface area (Å²) in [5, 5.41) is 4.19. The summed E-state index contributed by atoms with van der Waals surface area (Å²) in [6, 6.07) is 7.19. The van der Waals surface area contributed by atoms with E-state index >= 15 is 0 Å². The van der Waals surface area contributed by atoms with Crippen LogP contribution < -0.4 is 0 Å². The fraction of sp³-hybridized carbons (Fsp3) is 0.273. The van der Waals surface area contributed by atoms with E-state index in [0.29, 0.717) is 11.6 Å². The molecule has 0 bridgehead atoms. The molecule has 0 amide bonds. The van der Waals surface area contributed by atoms with Crippen molar-refractivity contribution >= 4 is 23.8 Å². The van der Waals surface area contributed by atoms with Crippen molar-refractivity contribution in [3.05, 3.63) is 34.9 Å². The molecule has 0 saturated carbocycles. The van der Waals surface area contributed by atoms with E-state index in [2.05, 4.69) is 9.89 Å². The maximum Gasteiger partial charge on any atom is 0.347 e. The average Bonchev–Trinajstić information content (AvgIpc) is 2.27. The van der Waals surface area contributed by atoms with Crippen LogP contribution in [-0.2, 0) is 14.4 Å². The molecule has 1 rings (SSSR count). The number of rotatable bonds is 5. The number of oxime groups is 1. The van der Waals surface area contributed by atoms with Crippen LogP contribution in [0, 0.1) is 0 Å². The van der Waals surface area contributed by atoms with Crippen molar-refractivity contribution in [2.75, 3.05) is 13.2 Å². The molecule has 0 aromatic heterocycles. The van der Waals surface area contributed by atoms with Gasteiger partial charge in [-0.15, -0.1) is 0 Å². The van der Waals surface area contributed by atoms with Gasteiger partial charge in [0.2, 0.25) is 6.61 Å². The molecule has 0 saturated heterocycles. The fourth-order valence-electron chi connectivity index (χ4n) is 0.966. The van der Waals surface area contributed by atoms with Crippen molar-refractivity contribution in [2.45, 2.75) is 6.92 Å². The Morgan fingerprint density at radius 2 is 2.25 bits per heavy atom. The standard InChI is InChI=1S/C11H12ClNO3/c1-2-15-11(14)8-16-13-7-9-5-3-4-6-10(9)12/h3-7H,2,8H2,1H3/b13-7+. The lowest BCUT2D eigenvalue weighted by molar-refractivity contribution is -0.148. The van der Waals surface area contributed by atoms with Gasteiger partial charge in [-0.2, -0.15) is 0 Å². The summed E-state index contributed by atoms with van der Waals surface area (Å²) in [6.07, 6.45) is 1.45. The van der Waals surface area contributed by atoms with Crippen molar-refractivity contribution < 1.29 is 14.4 Å². The number of carbonyl (C=O) groups excluding carboxylic acids is 1. The van der Waals surface area contributed by atoms with Gasteiger partial charge in [-0.25, -0.2) is 4.79 Å². The number of nitrogens with zero attached hydrogens (tertiary/aromatic N) is 1. The van der Waals surface area contributed by atoms with Crippen LogP contribution in [0.2, 0.25) is 5.02 Å². The van der Waals surface area contributed by atoms with Gasteiger partial charge in [-0.05, 0) is 13.0 Å². The summed E-state index contributed by atoms with van der Waals surface area (Å²) in [5.74, 6) is -0.446. The molecule has 0 heterocycles. The third-order valence-electron chi connectivity index (χ3n) is 1.66. The number of esters is 1. The molecule has 16 heavy (non-hydrogen) atoms. The van der Waals surface area contributed by atoms with Crippen LogP contribution in [0.25, 0.3) is 0 Å². The third-order valence-corrected chi connectivity index (χ3v) is 2.00. The maximum absolute atomic E-state index is 10.9. The highest BCUT2D eigenvalue weighted by Gasteiger charge is 2.00. The first-order valence-electron chi connectivity index (χ1n) is 4.79. The highest BCUT2D eigenvalue weighted by Crippen LogP contribution is 2.12. The molecule has 86 valence electrons. The highest BCUT2D eigenvalue weighted by atomic mass is 35.5. The van der Waals surface area contributed by atoms with Crippen molar-refractivity contribution in [2.24, 2.45) is 5.16 Å². The van der Waals surface area contributed by atoms with Crippen LogP contribution in [0.15, 0.2) is 29.4 Å². The Hall–Kier alpha value is -1.55. The second kappa shape index (κ2) is 6.85. The van der Waals surface area contributed by atoms with Gasteiger partial charge >= 0.3 is 5.97 Å². The minimum atomic E-state index is -0.446. The zero-order chi connectivity index (χ0) is 11.8. The zero-order valence-corrected chi connectivity index (χ0v) is 9.61. The first-order chi connectivity index (χ1) is 7.74. The van der Waals surface area contributed by atoms with Gasteiger partial charge in [0, 0.05) is 10.6 Å². The monoisotopic (exact) mass is 241 g/mol. The van der Waals surface area contributed by atoms with Crippen LogP contribution in [0.3, 0.4) is 0 Å². The van der Waals surface area contributed by atoms with Crippen molar-refractivity contribution in [3.8, 4) is 0 Å². The van der Waals surface area contributed by atoms with Crippen LogP contribution in [-0.4, -0.2) is 25.4 Å². The van der Waals surface area contributed by atoms with E-state index < -0.39 is 5.97 Å². The van der Waals surface area contributed by atoms with Crippen LogP contribution >= 0.6 is 11.6 Å². The Bertz CT molecular complexity index is 379. The molecular weight excluding hydrogens is 230 g/mol.